The van der Waals surface area contributed by atoms with Gasteiger partial charge in [-0.3, -0.25) is 0 Å². The molecule has 0 spiro atoms. The molecule has 22 heavy (non-hydrogen) atoms. The molecule has 1 aromatic rings. The number of piperidine rings is 1. The quantitative estimate of drug-likeness (QED) is 0.925. The lowest BCUT2D eigenvalue weighted by Crippen LogP contribution is -2.41. The Bertz CT molecular complexity index is 601. The van der Waals surface area contributed by atoms with E-state index in [1.54, 1.807) is 13.0 Å². The van der Waals surface area contributed by atoms with Gasteiger partial charge >= 0.3 is 0 Å². The second kappa shape index (κ2) is 6.59. The molecule has 0 aromatic heterocycles. The van der Waals surface area contributed by atoms with Gasteiger partial charge in [-0.15, -0.1) is 0 Å². The summed E-state index contributed by atoms with van der Waals surface area (Å²) in [7, 11) is -3.16. The van der Waals surface area contributed by atoms with Gasteiger partial charge in [-0.1, -0.05) is 19.1 Å². The lowest BCUT2D eigenvalue weighted by molar-refractivity contribution is 0.318. The molecule has 2 saturated heterocycles. The van der Waals surface area contributed by atoms with Crippen molar-refractivity contribution < 1.29 is 8.42 Å². The first-order valence-electron chi connectivity index (χ1n) is 8.42. The molecule has 0 saturated carbocycles. The van der Waals surface area contributed by atoms with Crippen LogP contribution in [0.3, 0.4) is 0 Å². The Kier molecular flexibility index (Phi) is 4.73. The van der Waals surface area contributed by atoms with E-state index in [1.807, 2.05) is 18.2 Å². The first-order chi connectivity index (χ1) is 10.6. The minimum absolute atomic E-state index is 0.159. The number of benzene rings is 1. The van der Waals surface area contributed by atoms with Crippen molar-refractivity contribution in [1.29, 1.82) is 0 Å². The van der Waals surface area contributed by atoms with Crippen LogP contribution in [0.5, 0.6) is 0 Å². The van der Waals surface area contributed by atoms with Gasteiger partial charge in [0.1, 0.15) is 0 Å². The summed E-state index contributed by atoms with van der Waals surface area (Å²) >= 11 is 0. The Morgan fingerprint density at radius 1 is 1.18 bits per heavy atom. The van der Waals surface area contributed by atoms with E-state index < -0.39 is 9.84 Å². The van der Waals surface area contributed by atoms with Crippen LogP contribution in [0.1, 0.15) is 32.6 Å². The number of nitrogens with zero attached hydrogens (tertiary/aromatic N) is 1. The number of rotatable bonds is 4. The maximum atomic E-state index is 12.3. The SMILES string of the molecule is CCS(=O)(=O)c1ccccc1N1CCC(C2CCCN2)CC1. The number of anilines is 1. The molecule has 1 atom stereocenters. The molecule has 0 aliphatic carbocycles. The zero-order valence-corrected chi connectivity index (χ0v) is 14.1. The van der Waals surface area contributed by atoms with Gasteiger partial charge in [0.25, 0.3) is 0 Å². The van der Waals surface area contributed by atoms with E-state index in [0.29, 0.717) is 10.9 Å². The fourth-order valence-electron chi connectivity index (χ4n) is 3.79. The lowest BCUT2D eigenvalue weighted by Gasteiger charge is -2.37. The van der Waals surface area contributed by atoms with Crippen molar-refractivity contribution >= 4 is 15.5 Å². The summed E-state index contributed by atoms with van der Waals surface area (Å²) in [6, 6.07) is 8.14. The fourth-order valence-corrected chi connectivity index (χ4v) is 4.91. The highest BCUT2D eigenvalue weighted by atomic mass is 32.2. The summed E-state index contributed by atoms with van der Waals surface area (Å²) in [6.07, 6.45) is 4.89. The molecule has 2 fully saturated rings. The van der Waals surface area contributed by atoms with Crippen LogP contribution in [0.25, 0.3) is 0 Å². The standard InChI is InChI=1S/C17H26N2O2S/c1-2-22(20,21)17-8-4-3-7-16(17)19-12-9-14(10-13-19)15-6-5-11-18-15/h3-4,7-8,14-15,18H,2,5-6,9-13H2,1H3. The van der Waals surface area contributed by atoms with Crippen LogP contribution in [-0.2, 0) is 9.84 Å². The molecule has 2 aliphatic heterocycles. The van der Waals surface area contributed by atoms with E-state index in [-0.39, 0.29) is 5.75 Å². The molecule has 4 nitrogen and oxygen atoms in total. The smallest absolute Gasteiger partial charge is 0.180 e. The molecular formula is C17H26N2O2S. The zero-order chi connectivity index (χ0) is 15.6. The maximum absolute atomic E-state index is 12.3. The minimum Gasteiger partial charge on any atom is -0.370 e. The molecule has 0 radical (unpaired) electrons. The number of hydrogen-bond donors (Lipinski definition) is 1. The van der Waals surface area contributed by atoms with Crippen LogP contribution >= 0.6 is 0 Å². The Hall–Kier alpha value is -1.07. The minimum atomic E-state index is -3.16. The molecule has 1 N–H and O–H groups in total. The first kappa shape index (κ1) is 15.8. The fraction of sp³-hybridized carbons (Fsp3) is 0.647. The largest absolute Gasteiger partial charge is 0.370 e. The number of hydrogen-bond acceptors (Lipinski definition) is 4. The number of sulfone groups is 1. The summed E-state index contributed by atoms with van der Waals surface area (Å²) in [5.74, 6) is 0.903. The van der Waals surface area contributed by atoms with Gasteiger partial charge in [0.05, 0.1) is 16.3 Å². The monoisotopic (exact) mass is 322 g/mol. The molecule has 2 aliphatic rings. The summed E-state index contributed by atoms with van der Waals surface area (Å²) in [5.41, 5.74) is 0.891. The average molecular weight is 322 g/mol. The van der Waals surface area contributed by atoms with E-state index >= 15 is 0 Å². The average Bonchev–Trinajstić information content (AvgIpc) is 3.09. The molecule has 1 aromatic carbocycles. The van der Waals surface area contributed by atoms with Gasteiger partial charge in [0.2, 0.25) is 0 Å². The maximum Gasteiger partial charge on any atom is 0.180 e. The van der Waals surface area contributed by atoms with Crippen molar-refractivity contribution in [3.05, 3.63) is 24.3 Å². The molecule has 2 heterocycles. The van der Waals surface area contributed by atoms with Gasteiger partial charge in [0.15, 0.2) is 9.84 Å². The summed E-state index contributed by atoms with van der Waals surface area (Å²) in [4.78, 5) is 2.75. The van der Waals surface area contributed by atoms with Crippen LogP contribution in [0.15, 0.2) is 29.2 Å². The molecule has 3 rings (SSSR count). The van der Waals surface area contributed by atoms with E-state index in [4.69, 9.17) is 0 Å². The van der Waals surface area contributed by atoms with Crippen LogP contribution in [0, 0.1) is 5.92 Å². The van der Waals surface area contributed by atoms with Crippen LogP contribution in [0.2, 0.25) is 0 Å². The van der Waals surface area contributed by atoms with E-state index in [0.717, 1.165) is 44.1 Å². The predicted molar refractivity (Wildman–Crippen MR) is 90.1 cm³/mol. The highest BCUT2D eigenvalue weighted by Gasteiger charge is 2.30. The Morgan fingerprint density at radius 3 is 2.55 bits per heavy atom. The number of nitrogens with one attached hydrogen (secondary N) is 1. The Morgan fingerprint density at radius 2 is 1.91 bits per heavy atom. The summed E-state index contributed by atoms with van der Waals surface area (Å²) in [6.45, 7) is 4.78. The van der Waals surface area contributed by atoms with Gasteiger partial charge in [-0.25, -0.2) is 8.42 Å². The normalized spacial score (nSPS) is 23.9. The molecule has 5 heteroatoms. The third-order valence-corrected chi connectivity index (χ3v) is 6.90. The molecule has 0 bridgehead atoms. The Balaban J connectivity index is 1.74. The molecular weight excluding hydrogens is 296 g/mol. The van der Waals surface area contributed by atoms with Crippen molar-refractivity contribution in [1.82, 2.24) is 5.32 Å². The third-order valence-electron chi connectivity index (χ3n) is 5.13. The van der Waals surface area contributed by atoms with Gasteiger partial charge in [-0.05, 0) is 50.3 Å². The van der Waals surface area contributed by atoms with Crippen LogP contribution in [0.4, 0.5) is 5.69 Å². The van der Waals surface area contributed by atoms with Gasteiger partial charge < -0.3 is 10.2 Å². The van der Waals surface area contributed by atoms with E-state index in [2.05, 4.69) is 10.2 Å². The zero-order valence-electron chi connectivity index (χ0n) is 13.3. The van der Waals surface area contributed by atoms with Crippen molar-refractivity contribution in [2.45, 2.75) is 43.5 Å². The summed E-state index contributed by atoms with van der Waals surface area (Å²) in [5, 5.41) is 3.61. The van der Waals surface area contributed by atoms with Crippen LogP contribution in [-0.4, -0.2) is 39.8 Å². The third kappa shape index (κ3) is 3.15. The molecule has 1 unspecified atom stereocenters. The number of para-hydroxylation sites is 1. The Labute approximate surface area is 133 Å². The second-order valence-electron chi connectivity index (χ2n) is 6.40. The first-order valence-corrected chi connectivity index (χ1v) is 10.1. The van der Waals surface area contributed by atoms with Gasteiger partial charge in [0, 0.05) is 19.1 Å². The van der Waals surface area contributed by atoms with Crippen LogP contribution < -0.4 is 10.2 Å². The lowest BCUT2D eigenvalue weighted by atomic mass is 9.88. The highest BCUT2D eigenvalue weighted by Crippen LogP contribution is 2.32. The van der Waals surface area contributed by atoms with E-state index in [1.165, 1.54) is 12.8 Å². The van der Waals surface area contributed by atoms with Crippen molar-refractivity contribution in [2.75, 3.05) is 30.3 Å². The van der Waals surface area contributed by atoms with Crippen molar-refractivity contribution in [3.8, 4) is 0 Å². The highest BCUT2D eigenvalue weighted by molar-refractivity contribution is 7.91. The van der Waals surface area contributed by atoms with Crippen molar-refractivity contribution in [3.63, 3.8) is 0 Å². The van der Waals surface area contributed by atoms with E-state index in [9.17, 15) is 8.42 Å². The summed E-state index contributed by atoms with van der Waals surface area (Å²) < 4.78 is 24.6. The molecule has 0 amide bonds. The molecule has 122 valence electrons. The second-order valence-corrected chi connectivity index (χ2v) is 8.65. The topological polar surface area (TPSA) is 49.4 Å². The van der Waals surface area contributed by atoms with Gasteiger partial charge in [-0.2, -0.15) is 0 Å². The van der Waals surface area contributed by atoms with Crippen molar-refractivity contribution in [2.24, 2.45) is 5.92 Å². The predicted octanol–water partition coefficient (Wildman–Crippen LogP) is 2.45.